The van der Waals surface area contributed by atoms with Gasteiger partial charge in [-0.15, -0.1) is 0 Å². The molecule has 188 valence electrons. The van der Waals surface area contributed by atoms with Gasteiger partial charge in [0, 0.05) is 5.56 Å². The van der Waals surface area contributed by atoms with Crippen molar-refractivity contribution < 1.29 is 9.53 Å². The topological polar surface area (TPSA) is 29.5 Å². The number of fused-ring (bicyclic) bond motifs is 1. The Morgan fingerprint density at radius 3 is 1.73 bits per heavy atom. The van der Waals surface area contributed by atoms with Crippen LogP contribution in [0.3, 0.4) is 0 Å². The highest BCUT2D eigenvalue weighted by molar-refractivity contribution is 6.74. The van der Waals surface area contributed by atoms with Crippen LogP contribution in [0.1, 0.15) is 121 Å². The predicted molar refractivity (Wildman–Crippen MR) is 147 cm³/mol. The third-order valence-electron chi connectivity index (χ3n) is 7.97. The SMILES string of the molecule is C=C1CCCCCCCCCCCCCCc2c(O[Si](C)(C)C(C)(C)C)cc(C)c(O)c2C1. The van der Waals surface area contributed by atoms with Crippen LogP contribution in [0.25, 0.3) is 0 Å². The summed E-state index contributed by atoms with van der Waals surface area (Å²) in [6.45, 7) is 18.0. The maximum atomic E-state index is 11.1. The number of aromatic hydroxyl groups is 1. The van der Waals surface area contributed by atoms with Crippen LogP contribution >= 0.6 is 0 Å². The first-order valence-electron chi connectivity index (χ1n) is 13.7. The monoisotopic (exact) mass is 472 g/mol. The van der Waals surface area contributed by atoms with E-state index < -0.39 is 8.32 Å². The molecule has 0 aromatic heterocycles. The first-order valence-corrected chi connectivity index (χ1v) is 16.6. The Hall–Kier alpha value is -1.22. The lowest BCUT2D eigenvalue weighted by Crippen LogP contribution is -2.44. The molecule has 0 amide bonds. The molecule has 0 unspecified atom stereocenters. The van der Waals surface area contributed by atoms with Gasteiger partial charge in [0.2, 0.25) is 8.32 Å². The summed E-state index contributed by atoms with van der Waals surface area (Å²) >= 11 is 0. The standard InChI is InChI=1S/C30H52O2Si/c1-24-20-18-16-14-12-10-8-9-11-13-15-17-19-21-26-27(22-24)29(31)25(2)23-28(26)32-33(6,7)30(3,4)5/h23,31H,1,8-22H2,2-7H3. The Kier molecular flexibility index (Phi) is 11.1. The van der Waals surface area contributed by atoms with Crippen LogP contribution in [-0.2, 0) is 12.8 Å². The molecule has 0 fully saturated rings. The summed E-state index contributed by atoms with van der Waals surface area (Å²) in [5.74, 6) is 1.48. The van der Waals surface area contributed by atoms with Gasteiger partial charge < -0.3 is 9.53 Å². The molecule has 1 N–H and O–H groups in total. The normalized spacial score (nSPS) is 18.8. The molecule has 2 nitrogen and oxygen atoms in total. The minimum absolute atomic E-state index is 0.144. The Bertz CT molecular complexity index is 758. The van der Waals surface area contributed by atoms with Crippen molar-refractivity contribution in [3.05, 3.63) is 34.9 Å². The maximum Gasteiger partial charge on any atom is 0.250 e. The van der Waals surface area contributed by atoms with Gasteiger partial charge in [0.1, 0.15) is 11.5 Å². The predicted octanol–water partition coefficient (Wildman–Crippen LogP) is 9.81. The largest absolute Gasteiger partial charge is 0.543 e. The molecule has 0 saturated carbocycles. The molecular weight excluding hydrogens is 420 g/mol. The van der Waals surface area contributed by atoms with Crippen molar-refractivity contribution in [3.63, 3.8) is 0 Å². The smallest absolute Gasteiger partial charge is 0.250 e. The van der Waals surface area contributed by atoms with E-state index in [4.69, 9.17) is 4.43 Å². The minimum Gasteiger partial charge on any atom is -0.543 e. The second-order valence-electron chi connectivity index (χ2n) is 12.0. The number of phenols is 1. The zero-order chi connectivity index (χ0) is 24.5. The fourth-order valence-corrected chi connectivity index (χ4v) is 5.69. The molecule has 2 rings (SSSR count). The number of hydrogen-bond acceptors (Lipinski definition) is 2. The van der Waals surface area contributed by atoms with Crippen LogP contribution in [0.5, 0.6) is 11.5 Å². The third kappa shape index (κ3) is 8.81. The number of aryl methyl sites for hydroxylation is 1. The van der Waals surface area contributed by atoms with Crippen molar-refractivity contribution in [2.24, 2.45) is 0 Å². The molecule has 0 radical (unpaired) electrons. The lowest BCUT2D eigenvalue weighted by atomic mass is 9.91. The summed E-state index contributed by atoms with van der Waals surface area (Å²) in [5.41, 5.74) is 4.49. The molecule has 33 heavy (non-hydrogen) atoms. The van der Waals surface area contributed by atoms with Crippen molar-refractivity contribution in [3.8, 4) is 11.5 Å². The molecule has 0 spiro atoms. The number of allylic oxidation sites excluding steroid dienone is 1. The third-order valence-corrected chi connectivity index (χ3v) is 12.3. The fourth-order valence-electron chi connectivity index (χ4n) is 4.65. The van der Waals surface area contributed by atoms with Crippen LogP contribution in [-0.4, -0.2) is 13.4 Å². The first-order chi connectivity index (χ1) is 15.5. The lowest BCUT2D eigenvalue weighted by molar-refractivity contribution is 0.453. The number of phenolic OH excluding ortho intramolecular Hbond substituents is 1. The molecule has 0 aliphatic heterocycles. The van der Waals surface area contributed by atoms with Gasteiger partial charge in [-0.25, -0.2) is 0 Å². The zero-order valence-electron chi connectivity index (χ0n) is 22.7. The van der Waals surface area contributed by atoms with Gasteiger partial charge >= 0.3 is 0 Å². The van der Waals surface area contributed by atoms with E-state index >= 15 is 0 Å². The van der Waals surface area contributed by atoms with Crippen LogP contribution in [0.4, 0.5) is 0 Å². The highest BCUT2D eigenvalue weighted by Gasteiger charge is 2.39. The molecule has 1 aromatic rings. The summed E-state index contributed by atoms with van der Waals surface area (Å²) < 4.78 is 6.87. The van der Waals surface area contributed by atoms with Gasteiger partial charge in [-0.2, -0.15) is 0 Å². The van der Waals surface area contributed by atoms with Crippen molar-refractivity contribution in [2.75, 3.05) is 0 Å². The van der Waals surface area contributed by atoms with E-state index in [1.54, 1.807) is 0 Å². The zero-order valence-corrected chi connectivity index (χ0v) is 23.7. The van der Waals surface area contributed by atoms with E-state index in [2.05, 4.69) is 46.5 Å². The van der Waals surface area contributed by atoms with E-state index in [1.807, 2.05) is 6.92 Å². The molecular formula is C30H52O2Si. The van der Waals surface area contributed by atoms with Gasteiger partial charge in [-0.1, -0.05) is 97.1 Å². The Balaban J connectivity index is 2.33. The first kappa shape index (κ1) is 28.0. The Morgan fingerprint density at radius 2 is 1.24 bits per heavy atom. The molecule has 3 heteroatoms. The van der Waals surface area contributed by atoms with Gasteiger partial charge in [0.15, 0.2) is 0 Å². The van der Waals surface area contributed by atoms with Crippen molar-refractivity contribution >= 4 is 8.32 Å². The summed E-state index contributed by atoms with van der Waals surface area (Å²) in [6, 6.07) is 2.10. The highest BCUT2D eigenvalue weighted by atomic mass is 28.4. The fraction of sp³-hybridized carbons (Fsp3) is 0.733. The van der Waals surface area contributed by atoms with Crippen molar-refractivity contribution in [1.82, 2.24) is 0 Å². The molecule has 0 heterocycles. The average Bonchev–Trinajstić information content (AvgIpc) is 2.72. The Morgan fingerprint density at radius 1 is 0.788 bits per heavy atom. The second kappa shape index (κ2) is 13.0. The number of benzene rings is 1. The lowest BCUT2D eigenvalue weighted by Gasteiger charge is -2.37. The van der Waals surface area contributed by atoms with E-state index in [9.17, 15) is 5.11 Å². The molecule has 1 aliphatic rings. The summed E-state index contributed by atoms with van der Waals surface area (Å²) in [7, 11) is -1.97. The van der Waals surface area contributed by atoms with Crippen molar-refractivity contribution in [2.45, 2.75) is 142 Å². The van der Waals surface area contributed by atoms with Crippen LogP contribution in [0.2, 0.25) is 18.1 Å². The number of hydrogen-bond donors (Lipinski definition) is 1. The molecule has 1 aromatic carbocycles. The van der Waals surface area contributed by atoms with E-state index in [-0.39, 0.29) is 5.04 Å². The number of rotatable bonds is 2. The maximum absolute atomic E-state index is 11.1. The molecule has 1 aliphatic carbocycles. The summed E-state index contributed by atoms with van der Waals surface area (Å²) in [4.78, 5) is 0. The van der Waals surface area contributed by atoms with Gasteiger partial charge in [-0.05, 0) is 74.4 Å². The van der Waals surface area contributed by atoms with Crippen molar-refractivity contribution in [1.29, 1.82) is 0 Å². The van der Waals surface area contributed by atoms with E-state index in [1.165, 1.54) is 81.8 Å². The summed E-state index contributed by atoms with van der Waals surface area (Å²) in [5, 5.41) is 11.3. The van der Waals surface area contributed by atoms with Crippen LogP contribution in [0, 0.1) is 6.92 Å². The molecule has 0 atom stereocenters. The summed E-state index contributed by atoms with van der Waals surface area (Å²) in [6.07, 6.45) is 18.8. The average molecular weight is 473 g/mol. The van der Waals surface area contributed by atoms with Crippen LogP contribution in [0.15, 0.2) is 18.2 Å². The van der Waals surface area contributed by atoms with Gasteiger partial charge in [0.05, 0.1) is 0 Å². The quantitative estimate of drug-likeness (QED) is 0.343. The molecule has 0 bridgehead atoms. The molecule has 0 saturated heterocycles. The van der Waals surface area contributed by atoms with Gasteiger partial charge in [-0.3, -0.25) is 0 Å². The Labute approximate surface area is 206 Å². The minimum atomic E-state index is -1.97. The second-order valence-corrected chi connectivity index (χ2v) is 16.8. The van der Waals surface area contributed by atoms with E-state index in [0.717, 1.165) is 42.6 Å². The highest BCUT2D eigenvalue weighted by Crippen LogP contribution is 2.42. The van der Waals surface area contributed by atoms with Gasteiger partial charge in [0.25, 0.3) is 0 Å². The van der Waals surface area contributed by atoms with Crippen LogP contribution < -0.4 is 4.43 Å². The van der Waals surface area contributed by atoms with E-state index in [0.29, 0.717) is 5.75 Å².